The maximum Gasteiger partial charge on any atom is 0.352 e. The van der Waals surface area contributed by atoms with Crippen LogP contribution in [-0.4, -0.2) is 15.6 Å². The second-order valence-corrected chi connectivity index (χ2v) is 4.08. The molecule has 1 rings (SSSR count). The Kier molecular flexibility index (Phi) is 3.33. The molecule has 0 radical (unpaired) electrons. The van der Waals surface area contributed by atoms with Crippen molar-refractivity contribution in [1.82, 2.24) is 4.57 Å². The number of aromatic carboxylic acids is 1. The Morgan fingerprint density at radius 2 is 2.21 bits per heavy atom. The molecule has 1 heterocycles. The Bertz CT molecular complexity index is 326. The van der Waals surface area contributed by atoms with Crippen LogP contribution in [-0.2, 0) is 13.5 Å². The number of aryl methyl sites for hydroxylation is 2. The summed E-state index contributed by atoms with van der Waals surface area (Å²) in [5.41, 5.74) is 1.47. The molecule has 0 aliphatic carbocycles. The molecule has 14 heavy (non-hydrogen) atoms. The SMILES string of the molecule is CC(C)CCc1cc(C(=O)O)n(C)c1. The standard InChI is InChI=1S/C11H17NO2/c1-8(2)4-5-9-6-10(11(13)14)12(3)7-9/h6-8H,4-5H2,1-3H3,(H,13,14). The number of carboxylic acid groups (broad SMARTS) is 1. The van der Waals surface area contributed by atoms with E-state index in [1.807, 2.05) is 6.20 Å². The van der Waals surface area contributed by atoms with Crippen LogP contribution in [0.3, 0.4) is 0 Å². The monoisotopic (exact) mass is 195 g/mol. The molecule has 78 valence electrons. The summed E-state index contributed by atoms with van der Waals surface area (Å²) in [6.07, 6.45) is 3.95. The summed E-state index contributed by atoms with van der Waals surface area (Å²) in [4.78, 5) is 10.8. The Morgan fingerprint density at radius 3 is 2.64 bits per heavy atom. The van der Waals surface area contributed by atoms with Gasteiger partial charge < -0.3 is 9.67 Å². The van der Waals surface area contributed by atoms with Crippen LogP contribution in [0, 0.1) is 5.92 Å². The van der Waals surface area contributed by atoms with Crippen LogP contribution in [0.4, 0.5) is 0 Å². The van der Waals surface area contributed by atoms with Gasteiger partial charge in [0.05, 0.1) is 0 Å². The molecule has 3 nitrogen and oxygen atoms in total. The van der Waals surface area contributed by atoms with E-state index in [1.54, 1.807) is 17.7 Å². The van der Waals surface area contributed by atoms with Gasteiger partial charge in [0.25, 0.3) is 0 Å². The summed E-state index contributed by atoms with van der Waals surface area (Å²) < 4.78 is 1.66. The number of carboxylic acids is 1. The van der Waals surface area contributed by atoms with Gasteiger partial charge in [0, 0.05) is 13.2 Å². The van der Waals surface area contributed by atoms with Gasteiger partial charge in [0.15, 0.2) is 0 Å². The minimum Gasteiger partial charge on any atom is -0.477 e. The van der Waals surface area contributed by atoms with E-state index in [4.69, 9.17) is 5.11 Å². The lowest BCUT2D eigenvalue weighted by Crippen LogP contribution is -2.02. The zero-order chi connectivity index (χ0) is 10.7. The van der Waals surface area contributed by atoms with Gasteiger partial charge in [0.2, 0.25) is 0 Å². The highest BCUT2D eigenvalue weighted by Crippen LogP contribution is 2.12. The Labute approximate surface area is 84.4 Å². The lowest BCUT2D eigenvalue weighted by Gasteiger charge is -2.01. The minimum atomic E-state index is -0.858. The predicted octanol–water partition coefficient (Wildman–Crippen LogP) is 2.31. The topological polar surface area (TPSA) is 42.2 Å². The molecule has 1 N–H and O–H groups in total. The highest BCUT2D eigenvalue weighted by Gasteiger charge is 2.09. The third-order valence-electron chi connectivity index (χ3n) is 2.29. The van der Waals surface area contributed by atoms with E-state index < -0.39 is 5.97 Å². The fourth-order valence-corrected chi connectivity index (χ4v) is 1.44. The van der Waals surface area contributed by atoms with Crippen LogP contribution >= 0.6 is 0 Å². The van der Waals surface area contributed by atoms with Gasteiger partial charge in [-0.3, -0.25) is 0 Å². The summed E-state index contributed by atoms with van der Waals surface area (Å²) in [6.45, 7) is 4.34. The lowest BCUT2D eigenvalue weighted by molar-refractivity contribution is 0.0686. The van der Waals surface area contributed by atoms with Crippen LogP contribution in [0.5, 0.6) is 0 Å². The fourth-order valence-electron chi connectivity index (χ4n) is 1.44. The first-order valence-corrected chi connectivity index (χ1v) is 4.89. The van der Waals surface area contributed by atoms with Crippen LogP contribution in [0.1, 0.15) is 36.3 Å². The van der Waals surface area contributed by atoms with Gasteiger partial charge in [-0.05, 0) is 30.4 Å². The van der Waals surface area contributed by atoms with Crippen LogP contribution < -0.4 is 0 Å². The Morgan fingerprint density at radius 1 is 1.57 bits per heavy atom. The van der Waals surface area contributed by atoms with E-state index >= 15 is 0 Å². The van der Waals surface area contributed by atoms with Crippen molar-refractivity contribution in [1.29, 1.82) is 0 Å². The molecule has 0 spiro atoms. The molecule has 0 aromatic carbocycles. The first-order valence-electron chi connectivity index (χ1n) is 4.89. The maximum atomic E-state index is 10.8. The summed E-state index contributed by atoms with van der Waals surface area (Å²) in [5, 5.41) is 8.84. The normalized spacial score (nSPS) is 10.9. The molecule has 0 aliphatic heterocycles. The third kappa shape index (κ3) is 2.62. The van der Waals surface area contributed by atoms with Crippen molar-refractivity contribution in [3.05, 3.63) is 23.5 Å². The van der Waals surface area contributed by atoms with Gasteiger partial charge in [-0.2, -0.15) is 0 Å². The van der Waals surface area contributed by atoms with Crippen molar-refractivity contribution in [3.8, 4) is 0 Å². The molecule has 0 bridgehead atoms. The van der Waals surface area contributed by atoms with Crippen LogP contribution in [0.25, 0.3) is 0 Å². The van der Waals surface area contributed by atoms with E-state index in [0.29, 0.717) is 11.6 Å². The summed E-state index contributed by atoms with van der Waals surface area (Å²) in [7, 11) is 1.77. The van der Waals surface area contributed by atoms with E-state index in [-0.39, 0.29) is 0 Å². The molecule has 0 atom stereocenters. The van der Waals surface area contributed by atoms with E-state index in [1.165, 1.54) is 0 Å². The first-order chi connectivity index (χ1) is 6.50. The molecule has 1 aromatic heterocycles. The minimum absolute atomic E-state index is 0.365. The number of hydrogen-bond donors (Lipinski definition) is 1. The number of carbonyl (C=O) groups is 1. The molecule has 0 fully saturated rings. The van der Waals surface area contributed by atoms with Gasteiger partial charge >= 0.3 is 5.97 Å². The molecule has 0 saturated heterocycles. The van der Waals surface area contributed by atoms with Gasteiger partial charge in [-0.15, -0.1) is 0 Å². The van der Waals surface area contributed by atoms with Crippen molar-refractivity contribution in [3.63, 3.8) is 0 Å². The predicted molar refractivity (Wildman–Crippen MR) is 55.5 cm³/mol. The quantitative estimate of drug-likeness (QED) is 0.801. The molecule has 3 heteroatoms. The summed E-state index contributed by atoms with van der Waals surface area (Å²) >= 11 is 0. The summed E-state index contributed by atoms with van der Waals surface area (Å²) in [6, 6.07) is 1.75. The number of rotatable bonds is 4. The summed E-state index contributed by atoms with van der Waals surface area (Å²) in [5.74, 6) is -0.202. The highest BCUT2D eigenvalue weighted by molar-refractivity contribution is 5.86. The second kappa shape index (κ2) is 4.31. The number of hydrogen-bond acceptors (Lipinski definition) is 1. The van der Waals surface area contributed by atoms with Crippen molar-refractivity contribution in [2.75, 3.05) is 0 Å². The first kappa shape index (κ1) is 10.8. The Hall–Kier alpha value is -1.25. The fraction of sp³-hybridized carbons (Fsp3) is 0.545. The molecule has 0 amide bonds. The highest BCUT2D eigenvalue weighted by atomic mass is 16.4. The average Bonchev–Trinajstić information content (AvgIpc) is 2.43. The smallest absolute Gasteiger partial charge is 0.352 e. The van der Waals surface area contributed by atoms with E-state index in [9.17, 15) is 4.79 Å². The van der Waals surface area contributed by atoms with Gasteiger partial charge in [-0.1, -0.05) is 13.8 Å². The van der Waals surface area contributed by atoms with E-state index in [0.717, 1.165) is 18.4 Å². The zero-order valence-electron chi connectivity index (χ0n) is 8.95. The Balaban J connectivity index is 2.71. The van der Waals surface area contributed by atoms with Crippen LogP contribution in [0.15, 0.2) is 12.3 Å². The molecule has 0 aliphatic rings. The van der Waals surface area contributed by atoms with E-state index in [2.05, 4.69) is 13.8 Å². The second-order valence-electron chi connectivity index (χ2n) is 4.08. The molecule has 1 aromatic rings. The van der Waals surface area contributed by atoms with Crippen molar-refractivity contribution in [2.45, 2.75) is 26.7 Å². The van der Waals surface area contributed by atoms with Crippen molar-refractivity contribution >= 4 is 5.97 Å². The molecular weight excluding hydrogens is 178 g/mol. The number of aromatic nitrogens is 1. The lowest BCUT2D eigenvalue weighted by atomic mass is 10.0. The molecule has 0 saturated carbocycles. The zero-order valence-corrected chi connectivity index (χ0v) is 8.95. The largest absolute Gasteiger partial charge is 0.477 e. The average molecular weight is 195 g/mol. The van der Waals surface area contributed by atoms with Gasteiger partial charge in [-0.25, -0.2) is 4.79 Å². The molecular formula is C11H17NO2. The van der Waals surface area contributed by atoms with Crippen LogP contribution in [0.2, 0.25) is 0 Å². The maximum absolute atomic E-state index is 10.8. The van der Waals surface area contributed by atoms with Crippen molar-refractivity contribution in [2.24, 2.45) is 13.0 Å². The third-order valence-corrected chi connectivity index (χ3v) is 2.29. The van der Waals surface area contributed by atoms with Crippen molar-refractivity contribution < 1.29 is 9.90 Å². The molecule has 0 unspecified atom stereocenters. The number of nitrogens with zero attached hydrogens (tertiary/aromatic N) is 1. The van der Waals surface area contributed by atoms with Gasteiger partial charge in [0.1, 0.15) is 5.69 Å².